The van der Waals surface area contributed by atoms with E-state index in [0.29, 0.717) is 16.8 Å². The molecule has 0 fully saturated rings. The number of carbonyl (C=O) groups is 1. The Bertz CT molecular complexity index is 973. The van der Waals surface area contributed by atoms with E-state index in [0.717, 1.165) is 28.5 Å². The van der Waals surface area contributed by atoms with E-state index in [1.54, 1.807) is 6.92 Å². The molecule has 0 bridgehead atoms. The molecule has 0 radical (unpaired) electrons. The summed E-state index contributed by atoms with van der Waals surface area (Å²) >= 11 is 6.87. The average Bonchev–Trinajstić information content (AvgIpc) is 3.06. The Balaban J connectivity index is 1.67. The number of aromatic nitrogens is 2. The molecule has 1 amide bonds. The maximum absolute atomic E-state index is 13.2. The van der Waals surface area contributed by atoms with Crippen LogP contribution in [0.4, 0.5) is 10.1 Å². The number of nitrogens with one attached hydrogen (secondary N) is 1. The third-order valence-electron chi connectivity index (χ3n) is 3.71. The van der Waals surface area contributed by atoms with Crippen molar-refractivity contribution >= 4 is 35.0 Å². The van der Waals surface area contributed by atoms with Crippen molar-refractivity contribution in [2.45, 2.75) is 31.2 Å². The minimum Gasteiger partial charge on any atom is -0.411 e. The van der Waals surface area contributed by atoms with E-state index in [4.69, 9.17) is 16.0 Å². The van der Waals surface area contributed by atoms with Gasteiger partial charge in [0.2, 0.25) is 11.8 Å². The van der Waals surface area contributed by atoms with E-state index in [9.17, 15) is 9.18 Å². The van der Waals surface area contributed by atoms with Crippen LogP contribution in [0.2, 0.25) is 5.02 Å². The van der Waals surface area contributed by atoms with Gasteiger partial charge in [0.25, 0.3) is 5.22 Å². The Morgan fingerprint density at radius 2 is 1.89 bits per heavy atom. The molecule has 0 unspecified atom stereocenters. The zero-order chi connectivity index (χ0) is 19.6. The molecule has 0 spiro atoms. The van der Waals surface area contributed by atoms with Crippen LogP contribution in [-0.4, -0.2) is 21.4 Å². The van der Waals surface area contributed by atoms with Gasteiger partial charge in [0.15, 0.2) is 0 Å². The molecule has 27 heavy (non-hydrogen) atoms. The van der Waals surface area contributed by atoms with Crippen LogP contribution in [0, 0.1) is 19.7 Å². The SMILES string of the molecule is Cc1cc(C)cc(-c2nnc(S[C@H](C)C(=O)Nc3ccc(F)c(Cl)c3)o2)c1. The zero-order valence-corrected chi connectivity index (χ0v) is 16.5. The summed E-state index contributed by atoms with van der Waals surface area (Å²) in [6, 6.07) is 9.98. The number of hydrogen-bond donors (Lipinski definition) is 1. The molecule has 0 saturated carbocycles. The van der Waals surface area contributed by atoms with Crippen molar-refractivity contribution < 1.29 is 13.6 Å². The van der Waals surface area contributed by atoms with Gasteiger partial charge in [0.1, 0.15) is 5.82 Å². The fourth-order valence-corrected chi connectivity index (χ4v) is 3.36. The van der Waals surface area contributed by atoms with E-state index in [-0.39, 0.29) is 10.9 Å². The zero-order valence-electron chi connectivity index (χ0n) is 14.9. The van der Waals surface area contributed by atoms with Gasteiger partial charge in [0.05, 0.1) is 10.3 Å². The standard InChI is InChI=1S/C19H17ClFN3O2S/c1-10-6-11(2)8-13(7-10)18-23-24-19(26-18)27-12(3)17(25)22-14-4-5-16(21)15(20)9-14/h4-9,12H,1-3H3,(H,22,25)/t12-/m1/s1. The monoisotopic (exact) mass is 405 g/mol. The second-order valence-electron chi connectivity index (χ2n) is 6.13. The molecule has 8 heteroatoms. The van der Waals surface area contributed by atoms with E-state index in [2.05, 4.69) is 21.6 Å². The summed E-state index contributed by atoms with van der Waals surface area (Å²) in [7, 11) is 0. The van der Waals surface area contributed by atoms with Gasteiger partial charge in [-0.1, -0.05) is 40.6 Å². The highest BCUT2D eigenvalue weighted by Gasteiger charge is 2.19. The van der Waals surface area contributed by atoms with E-state index in [1.165, 1.54) is 18.2 Å². The summed E-state index contributed by atoms with van der Waals surface area (Å²) in [5.41, 5.74) is 3.46. The molecule has 1 atom stereocenters. The lowest BCUT2D eigenvalue weighted by Crippen LogP contribution is -2.22. The van der Waals surface area contributed by atoms with Crippen molar-refractivity contribution in [2.75, 3.05) is 5.32 Å². The first-order valence-corrected chi connectivity index (χ1v) is 9.42. The molecule has 1 aromatic heterocycles. The van der Waals surface area contributed by atoms with Crippen LogP contribution in [0.15, 0.2) is 46.0 Å². The lowest BCUT2D eigenvalue weighted by Gasteiger charge is -2.10. The summed E-state index contributed by atoms with van der Waals surface area (Å²) in [6.07, 6.45) is 0. The molecular weight excluding hydrogens is 389 g/mol. The molecule has 5 nitrogen and oxygen atoms in total. The first-order valence-electron chi connectivity index (χ1n) is 8.16. The van der Waals surface area contributed by atoms with Crippen molar-refractivity contribution in [3.05, 3.63) is 58.4 Å². The number of benzene rings is 2. The van der Waals surface area contributed by atoms with Gasteiger partial charge < -0.3 is 9.73 Å². The van der Waals surface area contributed by atoms with Crippen LogP contribution < -0.4 is 5.32 Å². The number of rotatable bonds is 5. The van der Waals surface area contributed by atoms with Gasteiger partial charge in [0, 0.05) is 11.3 Å². The molecule has 0 aliphatic carbocycles. The lowest BCUT2D eigenvalue weighted by atomic mass is 10.1. The number of amides is 1. The average molecular weight is 406 g/mol. The molecule has 3 aromatic rings. The molecule has 0 saturated heterocycles. The van der Waals surface area contributed by atoms with Crippen molar-refractivity contribution in [1.29, 1.82) is 0 Å². The number of nitrogens with zero attached hydrogens (tertiary/aromatic N) is 2. The number of thioether (sulfide) groups is 1. The third-order valence-corrected chi connectivity index (χ3v) is 4.93. The summed E-state index contributed by atoms with van der Waals surface area (Å²) in [6.45, 7) is 5.71. The number of aryl methyl sites for hydroxylation is 2. The highest BCUT2D eigenvalue weighted by molar-refractivity contribution is 8.00. The van der Waals surface area contributed by atoms with Crippen LogP contribution in [0.25, 0.3) is 11.5 Å². The van der Waals surface area contributed by atoms with Gasteiger partial charge >= 0.3 is 0 Å². The van der Waals surface area contributed by atoms with Gasteiger partial charge in [-0.05, 0) is 51.1 Å². The molecular formula is C19H17ClFN3O2S. The number of carbonyl (C=O) groups excluding carboxylic acids is 1. The van der Waals surface area contributed by atoms with Crippen LogP contribution in [0.1, 0.15) is 18.1 Å². The van der Waals surface area contributed by atoms with Gasteiger partial charge in [-0.15, -0.1) is 10.2 Å². The minimum absolute atomic E-state index is 0.0527. The van der Waals surface area contributed by atoms with E-state index in [1.807, 2.05) is 26.0 Å². The van der Waals surface area contributed by atoms with Crippen LogP contribution in [-0.2, 0) is 4.79 Å². The molecule has 3 rings (SSSR count). The normalized spacial score (nSPS) is 12.0. The highest BCUT2D eigenvalue weighted by Crippen LogP contribution is 2.28. The van der Waals surface area contributed by atoms with E-state index < -0.39 is 11.1 Å². The first-order chi connectivity index (χ1) is 12.8. The number of hydrogen-bond acceptors (Lipinski definition) is 5. The maximum atomic E-state index is 13.2. The van der Waals surface area contributed by atoms with Gasteiger partial charge in [-0.25, -0.2) is 4.39 Å². The van der Waals surface area contributed by atoms with Crippen LogP contribution in [0.5, 0.6) is 0 Å². The largest absolute Gasteiger partial charge is 0.411 e. The Morgan fingerprint density at radius 3 is 2.56 bits per heavy atom. The minimum atomic E-state index is -0.540. The predicted molar refractivity (Wildman–Crippen MR) is 105 cm³/mol. The second-order valence-corrected chi connectivity index (χ2v) is 7.83. The molecule has 140 valence electrons. The fourth-order valence-electron chi connectivity index (χ4n) is 2.49. The van der Waals surface area contributed by atoms with Crippen molar-refractivity contribution in [2.24, 2.45) is 0 Å². The smallest absolute Gasteiger partial charge is 0.277 e. The molecule has 1 heterocycles. The topological polar surface area (TPSA) is 68.0 Å². The summed E-state index contributed by atoms with van der Waals surface area (Å²) in [4.78, 5) is 12.3. The molecule has 0 aliphatic heterocycles. The first kappa shape index (κ1) is 19.4. The Labute approximate surface area is 165 Å². The number of anilines is 1. The lowest BCUT2D eigenvalue weighted by molar-refractivity contribution is -0.115. The fraction of sp³-hybridized carbons (Fsp3) is 0.211. The van der Waals surface area contributed by atoms with E-state index >= 15 is 0 Å². The quantitative estimate of drug-likeness (QED) is 0.586. The van der Waals surface area contributed by atoms with Crippen molar-refractivity contribution in [3.8, 4) is 11.5 Å². The van der Waals surface area contributed by atoms with Crippen LogP contribution in [0.3, 0.4) is 0 Å². The maximum Gasteiger partial charge on any atom is 0.277 e. The molecule has 2 aromatic carbocycles. The van der Waals surface area contributed by atoms with Crippen LogP contribution >= 0.6 is 23.4 Å². The Kier molecular flexibility index (Phi) is 5.82. The van der Waals surface area contributed by atoms with Gasteiger partial charge in [-0.2, -0.15) is 0 Å². The summed E-state index contributed by atoms with van der Waals surface area (Å²) in [5, 5.41) is 10.5. The van der Waals surface area contributed by atoms with Crippen molar-refractivity contribution in [3.63, 3.8) is 0 Å². The molecule has 0 aliphatic rings. The Morgan fingerprint density at radius 1 is 1.19 bits per heavy atom. The predicted octanol–water partition coefficient (Wildman–Crippen LogP) is 5.27. The number of halogens is 2. The highest BCUT2D eigenvalue weighted by atomic mass is 35.5. The third kappa shape index (κ3) is 4.87. The second kappa shape index (κ2) is 8.10. The molecule has 1 N–H and O–H groups in total. The Hall–Kier alpha value is -2.38. The van der Waals surface area contributed by atoms with Gasteiger partial charge in [-0.3, -0.25) is 4.79 Å². The summed E-state index contributed by atoms with van der Waals surface area (Å²) in [5.74, 6) is -0.419. The summed E-state index contributed by atoms with van der Waals surface area (Å²) < 4.78 is 18.9. The van der Waals surface area contributed by atoms with Crippen molar-refractivity contribution in [1.82, 2.24) is 10.2 Å².